The van der Waals surface area contributed by atoms with Gasteiger partial charge in [-0.3, -0.25) is 4.79 Å². The van der Waals surface area contributed by atoms with E-state index >= 15 is 0 Å². The molecule has 1 fully saturated rings. The highest BCUT2D eigenvalue weighted by molar-refractivity contribution is 5.79. The van der Waals surface area contributed by atoms with Crippen molar-refractivity contribution in [2.24, 2.45) is 5.92 Å². The third kappa shape index (κ3) is 4.84. The largest absolute Gasteiger partial charge is 0.573 e. The van der Waals surface area contributed by atoms with Crippen molar-refractivity contribution >= 4 is 17.4 Å². The maximum atomic E-state index is 12.9. The Hall–Kier alpha value is -3.44. The molecule has 1 aliphatic heterocycles. The van der Waals surface area contributed by atoms with Gasteiger partial charge in [0.2, 0.25) is 5.91 Å². The van der Waals surface area contributed by atoms with Gasteiger partial charge >= 0.3 is 6.36 Å². The first-order chi connectivity index (χ1) is 14.8. The summed E-state index contributed by atoms with van der Waals surface area (Å²) in [6.07, 6.45) is -3.57. The average molecular weight is 435 g/mol. The molecular weight excluding hydrogens is 415 g/mol. The summed E-state index contributed by atoms with van der Waals surface area (Å²) < 4.78 is 43.3. The van der Waals surface area contributed by atoms with Gasteiger partial charge in [0.1, 0.15) is 5.75 Å². The van der Waals surface area contributed by atoms with Crippen LogP contribution in [0.25, 0.3) is 5.65 Å². The van der Waals surface area contributed by atoms with Crippen LogP contribution in [0.3, 0.4) is 0 Å². The van der Waals surface area contributed by atoms with Crippen molar-refractivity contribution < 1.29 is 22.7 Å². The number of hydrogen-bond acceptors (Lipinski definition) is 7. The Bertz CT molecular complexity index is 1060. The zero-order valence-electron chi connectivity index (χ0n) is 16.7. The summed E-state index contributed by atoms with van der Waals surface area (Å²) in [5, 5.41) is 15.5. The summed E-state index contributed by atoms with van der Waals surface area (Å²) in [4.78, 5) is 16.4. The predicted molar refractivity (Wildman–Crippen MR) is 103 cm³/mol. The van der Waals surface area contributed by atoms with Crippen molar-refractivity contribution in [3.05, 3.63) is 42.0 Å². The van der Waals surface area contributed by atoms with E-state index in [1.807, 2.05) is 6.07 Å². The lowest BCUT2D eigenvalue weighted by molar-refractivity contribution is -0.275. The third-order valence-electron chi connectivity index (χ3n) is 5.21. The minimum atomic E-state index is -4.79. The van der Waals surface area contributed by atoms with Crippen LogP contribution >= 0.6 is 0 Å². The molecule has 2 aromatic heterocycles. The lowest BCUT2D eigenvalue weighted by atomic mass is 9.95. The Labute approximate surface area is 175 Å². The van der Waals surface area contributed by atoms with Crippen LogP contribution in [0.5, 0.6) is 5.75 Å². The molecule has 0 spiro atoms. The number of piperidine rings is 1. The van der Waals surface area contributed by atoms with E-state index in [0.29, 0.717) is 37.1 Å². The number of hydrogen-bond donors (Lipinski definition) is 0. The molecule has 0 aliphatic carbocycles. The zero-order chi connectivity index (χ0) is 22.0. The second-order valence-electron chi connectivity index (χ2n) is 7.33. The van der Waals surface area contributed by atoms with E-state index in [2.05, 4.69) is 30.3 Å². The van der Waals surface area contributed by atoms with Crippen molar-refractivity contribution in [3.63, 3.8) is 0 Å². The molecule has 12 heteroatoms. The molecule has 1 saturated heterocycles. The molecule has 3 aromatic rings. The molecule has 164 valence electrons. The second-order valence-corrected chi connectivity index (χ2v) is 7.33. The minimum absolute atomic E-state index is 0.0306. The Balaban J connectivity index is 1.36. The number of ether oxygens (including phenoxy) is 1. The molecule has 0 saturated carbocycles. The molecule has 0 N–H and O–H groups in total. The highest BCUT2D eigenvalue weighted by Gasteiger charge is 2.33. The molecule has 3 heterocycles. The number of aromatic nitrogens is 5. The monoisotopic (exact) mass is 435 g/mol. The average Bonchev–Trinajstić information content (AvgIpc) is 3.21. The summed E-state index contributed by atoms with van der Waals surface area (Å²) in [6.45, 7) is 1.28. The fraction of sp³-hybridized carbons (Fsp3) is 0.421. The second kappa shape index (κ2) is 8.36. The zero-order valence-corrected chi connectivity index (χ0v) is 16.7. The summed E-state index contributed by atoms with van der Waals surface area (Å²) in [5.74, 6) is 0.102. The first-order valence-electron chi connectivity index (χ1n) is 9.69. The number of fused-ring (bicyclic) bond motifs is 1. The van der Waals surface area contributed by atoms with E-state index in [4.69, 9.17) is 0 Å². The summed E-state index contributed by atoms with van der Waals surface area (Å²) in [7, 11) is 1.59. The first-order valence-corrected chi connectivity index (χ1v) is 9.69. The van der Waals surface area contributed by atoms with E-state index in [0.717, 1.165) is 5.82 Å². The van der Waals surface area contributed by atoms with Gasteiger partial charge in [-0.2, -0.15) is 0 Å². The Morgan fingerprint density at radius 2 is 1.94 bits per heavy atom. The number of nitrogens with zero attached hydrogens (tertiary/aromatic N) is 7. The number of benzene rings is 1. The number of alkyl halides is 3. The Morgan fingerprint density at radius 1 is 1.19 bits per heavy atom. The van der Waals surface area contributed by atoms with Crippen molar-refractivity contribution in [2.45, 2.75) is 25.7 Å². The first kappa shape index (κ1) is 20.8. The van der Waals surface area contributed by atoms with Crippen LogP contribution in [-0.2, 0) is 11.3 Å². The van der Waals surface area contributed by atoms with Crippen molar-refractivity contribution in [1.29, 1.82) is 0 Å². The number of halogens is 3. The van der Waals surface area contributed by atoms with Gasteiger partial charge in [-0.05, 0) is 41.5 Å². The number of tetrazole rings is 1. The van der Waals surface area contributed by atoms with Crippen molar-refractivity contribution in [3.8, 4) is 5.75 Å². The van der Waals surface area contributed by atoms with E-state index in [9.17, 15) is 18.0 Å². The van der Waals surface area contributed by atoms with Gasteiger partial charge in [0.25, 0.3) is 0 Å². The maximum Gasteiger partial charge on any atom is 0.573 e. The number of amides is 1. The minimum Gasteiger partial charge on any atom is -0.405 e. The fourth-order valence-electron chi connectivity index (χ4n) is 3.67. The van der Waals surface area contributed by atoms with E-state index in [1.54, 1.807) is 19.2 Å². The summed E-state index contributed by atoms with van der Waals surface area (Å²) in [5.41, 5.74) is 0.845. The number of para-hydroxylation sites is 1. The predicted octanol–water partition coefficient (Wildman–Crippen LogP) is 2.29. The van der Waals surface area contributed by atoms with Crippen LogP contribution in [0.15, 0.2) is 36.4 Å². The van der Waals surface area contributed by atoms with Crippen molar-refractivity contribution in [2.75, 3.05) is 25.0 Å². The van der Waals surface area contributed by atoms with Gasteiger partial charge in [0, 0.05) is 38.2 Å². The fourth-order valence-corrected chi connectivity index (χ4v) is 3.67. The van der Waals surface area contributed by atoms with Gasteiger partial charge in [0.15, 0.2) is 11.5 Å². The molecule has 0 atom stereocenters. The summed E-state index contributed by atoms with van der Waals surface area (Å²) in [6, 6.07) is 9.44. The molecule has 9 nitrogen and oxygen atoms in total. The summed E-state index contributed by atoms with van der Waals surface area (Å²) >= 11 is 0. The van der Waals surface area contributed by atoms with Crippen LogP contribution in [0, 0.1) is 5.92 Å². The molecule has 31 heavy (non-hydrogen) atoms. The SMILES string of the molecule is CN(Cc1ccccc1OC(F)(F)F)C(=O)C1CCN(c2ccc3nnnn3n2)CC1. The van der Waals surface area contributed by atoms with Gasteiger partial charge < -0.3 is 14.5 Å². The van der Waals surface area contributed by atoms with E-state index in [-0.39, 0.29) is 24.1 Å². The van der Waals surface area contributed by atoms with Gasteiger partial charge in [0.05, 0.1) is 0 Å². The highest BCUT2D eigenvalue weighted by Crippen LogP contribution is 2.28. The molecular formula is C19H20F3N7O2. The van der Waals surface area contributed by atoms with Crippen molar-refractivity contribution in [1.82, 2.24) is 30.2 Å². The van der Waals surface area contributed by atoms with Crippen LogP contribution in [0.2, 0.25) is 0 Å². The molecule has 1 aromatic carbocycles. The molecule has 0 bridgehead atoms. The van der Waals surface area contributed by atoms with E-state index < -0.39 is 6.36 Å². The number of carbonyl (C=O) groups is 1. The van der Waals surface area contributed by atoms with Crippen LogP contribution in [0.4, 0.5) is 19.0 Å². The molecule has 1 amide bonds. The maximum absolute atomic E-state index is 12.9. The van der Waals surface area contributed by atoms with Gasteiger partial charge in [-0.25, -0.2) is 0 Å². The number of rotatable bonds is 5. The third-order valence-corrected chi connectivity index (χ3v) is 5.21. The quantitative estimate of drug-likeness (QED) is 0.608. The van der Waals surface area contributed by atoms with Crippen LogP contribution in [0.1, 0.15) is 18.4 Å². The normalized spacial score (nSPS) is 15.3. The highest BCUT2D eigenvalue weighted by atomic mass is 19.4. The molecule has 0 unspecified atom stereocenters. The standard InChI is InChI=1S/C19H20F3N7O2/c1-27(12-14-4-2-3-5-15(14)31-19(20,21)22)18(30)13-8-10-28(11-9-13)17-7-6-16-23-25-26-29(16)24-17/h2-7,13H,8-12H2,1H3. The molecule has 4 rings (SSSR count). The lowest BCUT2D eigenvalue weighted by Gasteiger charge is -2.33. The van der Waals surface area contributed by atoms with E-state index in [1.165, 1.54) is 27.7 Å². The van der Waals surface area contributed by atoms with Gasteiger partial charge in [-0.1, -0.05) is 18.2 Å². The Kier molecular flexibility index (Phi) is 5.61. The Morgan fingerprint density at radius 3 is 2.68 bits per heavy atom. The lowest BCUT2D eigenvalue weighted by Crippen LogP contribution is -2.41. The molecule has 1 aliphatic rings. The van der Waals surface area contributed by atoms with Crippen LogP contribution in [-0.4, -0.2) is 62.6 Å². The topological polar surface area (TPSA) is 88.8 Å². The number of carbonyl (C=O) groups excluding carboxylic acids is 1. The van der Waals surface area contributed by atoms with Gasteiger partial charge in [-0.15, -0.1) is 28.0 Å². The molecule has 0 radical (unpaired) electrons. The smallest absolute Gasteiger partial charge is 0.405 e. The van der Waals surface area contributed by atoms with Crippen LogP contribution < -0.4 is 9.64 Å². The number of anilines is 1.